The maximum Gasteiger partial charge on any atom is 0.0139 e. The highest BCUT2D eigenvalue weighted by atomic mass is 15.1. The van der Waals surface area contributed by atoms with Crippen LogP contribution in [0, 0.1) is 11.8 Å². The molecule has 2 heteroatoms. The molecule has 1 unspecified atom stereocenters. The van der Waals surface area contributed by atoms with Crippen LogP contribution in [0.15, 0.2) is 0 Å². The van der Waals surface area contributed by atoms with Crippen molar-refractivity contribution in [1.29, 1.82) is 0 Å². The average molecular weight is 226 g/mol. The molecule has 0 amide bonds. The molecule has 1 heterocycles. The Hall–Kier alpha value is -0.0800. The van der Waals surface area contributed by atoms with Crippen molar-refractivity contribution in [2.45, 2.75) is 58.9 Å². The van der Waals surface area contributed by atoms with Crippen LogP contribution in [0.4, 0.5) is 0 Å². The lowest BCUT2D eigenvalue weighted by molar-refractivity contribution is 0.170. The zero-order chi connectivity index (χ0) is 12.0. The molecule has 1 saturated heterocycles. The van der Waals surface area contributed by atoms with Crippen LogP contribution in [0.2, 0.25) is 0 Å². The second kappa shape index (κ2) is 7.29. The minimum absolute atomic E-state index is 0.331. The standard InChI is InChI=1S/C14H30N2/c1-12(2)5-4-6-14-7-9-16(10-8-14)11-13(3)15/h12-14H,4-11,15H2,1-3H3. The highest BCUT2D eigenvalue weighted by Crippen LogP contribution is 2.23. The maximum atomic E-state index is 5.83. The van der Waals surface area contributed by atoms with E-state index in [1.807, 2.05) is 0 Å². The second-order valence-electron chi connectivity index (χ2n) is 6.05. The third-order valence-corrected chi connectivity index (χ3v) is 3.65. The van der Waals surface area contributed by atoms with Crippen molar-refractivity contribution in [3.05, 3.63) is 0 Å². The van der Waals surface area contributed by atoms with Gasteiger partial charge in [0.1, 0.15) is 0 Å². The fourth-order valence-electron chi connectivity index (χ4n) is 2.68. The van der Waals surface area contributed by atoms with Crippen molar-refractivity contribution < 1.29 is 0 Å². The minimum atomic E-state index is 0.331. The summed E-state index contributed by atoms with van der Waals surface area (Å²) in [5.41, 5.74) is 5.83. The van der Waals surface area contributed by atoms with Gasteiger partial charge in [-0.3, -0.25) is 0 Å². The average Bonchev–Trinajstić information content (AvgIpc) is 2.19. The van der Waals surface area contributed by atoms with Crippen LogP contribution in [0.1, 0.15) is 52.9 Å². The first-order valence-electron chi connectivity index (χ1n) is 7.06. The van der Waals surface area contributed by atoms with E-state index in [9.17, 15) is 0 Å². The normalized spacial score (nSPS) is 21.6. The minimum Gasteiger partial charge on any atom is -0.327 e. The molecular weight excluding hydrogens is 196 g/mol. The molecule has 16 heavy (non-hydrogen) atoms. The zero-order valence-electron chi connectivity index (χ0n) is 11.4. The maximum absolute atomic E-state index is 5.83. The first-order valence-corrected chi connectivity index (χ1v) is 7.06. The summed E-state index contributed by atoms with van der Waals surface area (Å²) in [6, 6.07) is 0.331. The molecule has 0 saturated carbocycles. The zero-order valence-corrected chi connectivity index (χ0v) is 11.4. The molecule has 2 nitrogen and oxygen atoms in total. The van der Waals surface area contributed by atoms with Gasteiger partial charge in [-0.2, -0.15) is 0 Å². The van der Waals surface area contributed by atoms with E-state index in [2.05, 4.69) is 25.7 Å². The fraction of sp³-hybridized carbons (Fsp3) is 1.00. The van der Waals surface area contributed by atoms with Crippen LogP contribution in [0.3, 0.4) is 0 Å². The number of rotatable bonds is 6. The van der Waals surface area contributed by atoms with Gasteiger partial charge in [-0.1, -0.05) is 33.1 Å². The Labute approximate surface area is 102 Å². The molecule has 96 valence electrons. The van der Waals surface area contributed by atoms with E-state index >= 15 is 0 Å². The van der Waals surface area contributed by atoms with Gasteiger partial charge < -0.3 is 10.6 Å². The number of likely N-dealkylation sites (tertiary alicyclic amines) is 1. The van der Waals surface area contributed by atoms with E-state index in [0.29, 0.717) is 6.04 Å². The van der Waals surface area contributed by atoms with Gasteiger partial charge in [0.15, 0.2) is 0 Å². The smallest absolute Gasteiger partial charge is 0.0139 e. The van der Waals surface area contributed by atoms with E-state index in [-0.39, 0.29) is 0 Å². The molecule has 0 bridgehead atoms. The van der Waals surface area contributed by atoms with Crippen LogP contribution in [0.5, 0.6) is 0 Å². The van der Waals surface area contributed by atoms with E-state index in [1.165, 1.54) is 45.2 Å². The number of piperidine rings is 1. The first kappa shape index (κ1) is 14.0. The second-order valence-corrected chi connectivity index (χ2v) is 6.05. The Bertz CT molecular complexity index is 170. The van der Waals surface area contributed by atoms with Gasteiger partial charge in [-0.25, -0.2) is 0 Å². The highest BCUT2D eigenvalue weighted by Gasteiger charge is 2.19. The molecule has 2 N–H and O–H groups in total. The predicted molar refractivity (Wildman–Crippen MR) is 71.5 cm³/mol. The fourth-order valence-corrected chi connectivity index (χ4v) is 2.68. The van der Waals surface area contributed by atoms with Crippen LogP contribution >= 0.6 is 0 Å². The van der Waals surface area contributed by atoms with Crippen molar-refractivity contribution >= 4 is 0 Å². The van der Waals surface area contributed by atoms with Crippen molar-refractivity contribution in [2.24, 2.45) is 17.6 Å². The highest BCUT2D eigenvalue weighted by molar-refractivity contribution is 4.74. The summed E-state index contributed by atoms with van der Waals surface area (Å²) in [7, 11) is 0. The van der Waals surface area contributed by atoms with E-state index in [4.69, 9.17) is 5.73 Å². The molecule has 0 radical (unpaired) electrons. The third-order valence-electron chi connectivity index (χ3n) is 3.65. The largest absolute Gasteiger partial charge is 0.327 e. The summed E-state index contributed by atoms with van der Waals surface area (Å²) >= 11 is 0. The van der Waals surface area contributed by atoms with Crippen molar-refractivity contribution in [3.63, 3.8) is 0 Å². The number of nitrogens with zero attached hydrogens (tertiary/aromatic N) is 1. The van der Waals surface area contributed by atoms with E-state index < -0.39 is 0 Å². The Balaban J connectivity index is 2.07. The summed E-state index contributed by atoms with van der Waals surface area (Å²) in [4.78, 5) is 2.53. The third kappa shape index (κ3) is 5.86. The molecule has 0 aromatic rings. The summed E-state index contributed by atoms with van der Waals surface area (Å²) < 4.78 is 0. The summed E-state index contributed by atoms with van der Waals surface area (Å²) in [5.74, 6) is 1.86. The number of nitrogens with two attached hydrogens (primary N) is 1. The van der Waals surface area contributed by atoms with Crippen molar-refractivity contribution in [2.75, 3.05) is 19.6 Å². The predicted octanol–water partition coefficient (Wildman–Crippen LogP) is 2.87. The summed E-state index contributed by atoms with van der Waals surface area (Å²) in [6.07, 6.45) is 7.06. The van der Waals surface area contributed by atoms with Crippen LogP contribution < -0.4 is 5.73 Å². The van der Waals surface area contributed by atoms with Gasteiger partial charge in [0.2, 0.25) is 0 Å². The monoisotopic (exact) mass is 226 g/mol. The van der Waals surface area contributed by atoms with Gasteiger partial charge in [-0.15, -0.1) is 0 Å². The Morgan fingerprint density at radius 3 is 2.31 bits per heavy atom. The van der Waals surface area contributed by atoms with Crippen LogP contribution in [0.25, 0.3) is 0 Å². The molecule has 0 aliphatic carbocycles. The molecule has 0 spiro atoms. The van der Waals surface area contributed by atoms with Gasteiger partial charge >= 0.3 is 0 Å². The summed E-state index contributed by atoms with van der Waals surface area (Å²) in [6.45, 7) is 10.4. The number of hydrogen-bond acceptors (Lipinski definition) is 2. The molecule has 1 rings (SSSR count). The van der Waals surface area contributed by atoms with Crippen LogP contribution in [-0.4, -0.2) is 30.6 Å². The lowest BCUT2D eigenvalue weighted by Gasteiger charge is -2.33. The van der Waals surface area contributed by atoms with Gasteiger partial charge in [-0.05, 0) is 44.7 Å². The van der Waals surface area contributed by atoms with Gasteiger partial charge in [0.05, 0.1) is 0 Å². The van der Waals surface area contributed by atoms with Gasteiger partial charge in [0, 0.05) is 12.6 Å². The molecule has 0 aromatic carbocycles. The van der Waals surface area contributed by atoms with Crippen LogP contribution in [-0.2, 0) is 0 Å². The first-order chi connectivity index (χ1) is 7.58. The van der Waals surface area contributed by atoms with E-state index in [1.54, 1.807) is 0 Å². The molecule has 1 aliphatic heterocycles. The molecule has 0 aromatic heterocycles. The lowest BCUT2D eigenvalue weighted by Crippen LogP contribution is -2.40. The lowest BCUT2D eigenvalue weighted by atomic mass is 9.90. The topological polar surface area (TPSA) is 29.3 Å². The molecule has 1 aliphatic rings. The molecule has 1 fully saturated rings. The Morgan fingerprint density at radius 2 is 1.81 bits per heavy atom. The van der Waals surface area contributed by atoms with Crippen molar-refractivity contribution in [1.82, 2.24) is 4.90 Å². The Kier molecular flexibility index (Phi) is 6.37. The molecule has 1 atom stereocenters. The van der Waals surface area contributed by atoms with E-state index in [0.717, 1.165) is 18.4 Å². The SMILES string of the molecule is CC(C)CCCC1CCN(CC(C)N)CC1. The van der Waals surface area contributed by atoms with Gasteiger partial charge in [0.25, 0.3) is 0 Å². The Morgan fingerprint density at radius 1 is 1.19 bits per heavy atom. The molecular formula is C14H30N2. The summed E-state index contributed by atoms with van der Waals surface area (Å²) in [5, 5.41) is 0. The van der Waals surface area contributed by atoms with Crippen molar-refractivity contribution in [3.8, 4) is 0 Å². The number of hydrogen-bond donors (Lipinski definition) is 1. The quantitative estimate of drug-likeness (QED) is 0.754.